The van der Waals surface area contributed by atoms with Crippen LogP contribution in [0.5, 0.6) is 5.75 Å². The maximum atomic E-state index is 13.5. The average molecular weight is 241 g/mol. The number of halogens is 1. The minimum atomic E-state index is -0.732. The van der Waals surface area contributed by atoms with Gasteiger partial charge in [-0.1, -0.05) is 0 Å². The number of rotatable bonds is 5. The molecule has 17 heavy (non-hydrogen) atoms. The molecule has 1 unspecified atom stereocenters. The molecule has 0 saturated heterocycles. The summed E-state index contributed by atoms with van der Waals surface area (Å²) in [4.78, 5) is 11.2. The lowest BCUT2D eigenvalue weighted by Crippen LogP contribution is -2.18. The minimum absolute atomic E-state index is 0.0576. The molecule has 1 rings (SSSR count). The summed E-state index contributed by atoms with van der Waals surface area (Å²) >= 11 is 0. The largest absolute Gasteiger partial charge is 0.497 e. The van der Waals surface area contributed by atoms with Crippen molar-refractivity contribution in [1.29, 1.82) is 0 Å². The molecule has 0 fully saturated rings. The fourth-order valence-electron chi connectivity index (χ4n) is 1.44. The van der Waals surface area contributed by atoms with Gasteiger partial charge in [0.2, 0.25) is 0 Å². The van der Waals surface area contributed by atoms with Gasteiger partial charge >= 0.3 is 5.97 Å². The van der Waals surface area contributed by atoms with Crippen molar-refractivity contribution in [3.8, 4) is 5.75 Å². The van der Waals surface area contributed by atoms with E-state index in [9.17, 15) is 9.18 Å². The van der Waals surface area contributed by atoms with Gasteiger partial charge in [-0.15, -0.1) is 0 Å². The molecule has 1 aromatic carbocycles. The van der Waals surface area contributed by atoms with Crippen LogP contribution in [0.4, 0.5) is 4.39 Å². The summed E-state index contributed by atoms with van der Waals surface area (Å²) in [5.41, 5.74) is 6.00. The van der Waals surface area contributed by atoms with E-state index in [0.717, 1.165) is 0 Å². The molecule has 0 aliphatic heterocycles. The monoisotopic (exact) mass is 241 g/mol. The van der Waals surface area contributed by atoms with Crippen LogP contribution in [0.15, 0.2) is 18.2 Å². The van der Waals surface area contributed by atoms with Crippen LogP contribution in [-0.4, -0.2) is 19.7 Å². The Labute approximate surface area is 99.5 Å². The fourth-order valence-corrected chi connectivity index (χ4v) is 1.44. The van der Waals surface area contributed by atoms with E-state index in [0.29, 0.717) is 5.75 Å². The Hall–Kier alpha value is -1.62. The minimum Gasteiger partial charge on any atom is -0.497 e. The smallest absolute Gasteiger partial charge is 0.307 e. The second-order valence-corrected chi connectivity index (χ2v) is 3.50. The van der Waals surface area contributed by atoms with Crippen LogP contribution >= 0.6 is 0 Å². The number of esters is 1. The summed E-state index contributed by atoms with van der Waals surface area (Å²) in [6.45, 7) is 1.99. The van der Waals surface area contributed by atoms with Crippen molar-refractivity contribution in [2.45, 2.75) is 19.4 Å². The molecule has 4 nitrogen and oxygen atoms in total. The third kappa shape index (κ3) is 3.71. The summed E-state index contributed by atoms with van der Waals surface area (Å²) in [5, 5.41) is 0. The quantitative estimate of drug-likeness (QED) is 0.798. The lowest BCUT2D eigenvalue weighted by molar-refractivity contribution is -0.143. The van der Waals surface area contributed by atoms with Gasteiger partial charge in [0.15, 0.2) is 0 Å². The highest BCUT2D eigenvalue weighted by Gasteiger charge is 2.16. The van der Waals surface area contributed by atoms with Gasteiger partial charge in [0.05, 0.1) is 20.1 Å². The maximum absolute atomic E-state index is 13.5. The van der Waals surface area contributed by atoms with Crippen LogP contribution in [0.2, 0.25) is 0 Å². The molecular weight excluding hydrogens is 225 g/mol. The van der Waals surface area contributed by atoms with Crippen LogP contribution in [0.25, 0.3) is 0 Å². The summed E-state index contributed by atoms with van der Waals surface area (Å²) < 4.78 is 23.2. The molecule has 0 bridgehead atoms. The number of carbonyl (C=O) groups excluding carboxylic acids is 1. The topological polar surface area (TPSA) is 61.5 Å². The van der Waals surface area contributed by atoms with Crippen LogP contribution in [0, 0.1) is 5.82 Å². The molecular formula is C12H16FNO3. The second kappa shape index (κ2) is 6.20. The zero-order chi connectivity index (χ0) is 12.8. The molecule has 1 atom stereocenters. The highest BCUT2D eigenvalue weighted by Crippen LogP contribution is 2.23. The summed E-state index contributed by atoms with van der Waals surface area (Å²) in [7, 11) is 1.48. The van der Waals surface area contributed by atoms with Gasteiger partial charge in [0.25, 0.3) is 0 Å². The Morgan fingerprint density at radius 2 is 2.24 bits per heavy atom. The Balaban J connectivity index is 2.80. The van der Waals surface area contributed by atoms with Gasteiger partial charge in [0.1, 0.15) is 11.6 Å². The van der Waals surface area contributed by atoms with Gasteiger partial charge < -0.3 is 15.2 Å². The van der Waals surface area contributed by atoms with Gasteiger partial charge in [0, 0.05) is 11.6 Å². The molecule has 1 aromatic rings. The first-order valence-corrected chi connectivity index (χ1v) is 5.33. The van der Waals surface area contributed by atoms with Gasteiger partial charge in [-0.3, -0.25) is 4.79 Å². The fraction of sp³-hybridized carbons (Fsp3) is 0.417. The van der Waals surface area contributed by atoms with Crippen molar-refractivity contribution in [2.75, 3.05) is 13.7 Å². The predicted molar refractivity (Wildman–Crippen MR) is 61.1 cm³/mol. The molecule has 0 saturated carbocycles. The van der Waals surface area contributed by atoms with E-state index in [1.807, 2.05) is 0 Å². The van der Waals surface area contributed by atoms with E-state index in [2.05, 4.69) is 0 Å². The molecule has 0 aromatic heterocycles. The lowest BCUT2D eigenvalue weighted by atomic mass is 10.0. The molecule has 0 aliphatic rings. The summed E-state index contributed by atoms with van der Waals surface area (Å²) in [5.74, 6) is -0.398. The van der Waals surface area contributed by atoms with E-state index in [1.165, 1.54) is 25.3 Å². The third-order valence-corrected chi connectivity index (χ3v) is 2.29. The summed E-state index contributed by atoms with van der Waals surface area (Å²) in [6.07, 6.45) is -0.0576. The first kappa shape index (κ1) is 13.4. The van der Waals surface area contributed by atoms with E-state index in [-0.39, 0.29) is 18.6 Å². The molecule has 0 heterocycles. The molecule has 0 aliphatic carbocycles. The molecule has 94 valence electrons. The Bertz CT molecular complexity index is 395. The SMILES string of the molecule is CCOC(=O)CC(N)c1cc(OC)ccc1F. The lowest BCUT2D eigenvalue weighted by Gasteiger charge is -2.13. The van der Waals surface area contributed by atoms with Crippen LogP contribution in [0.3, 0.4) is 0 Å². The normalized spacial score (nSPS) is 12.0. The summed E-state index contributed by atoms with van der Waals surface area (Å²) in [6, 6.07) is 3.51. The van der Waals surface area contributed by atoms with Crippen LogP contribution in [0.1, 0.15) is 24.9 Å². The molecule has 0 amide bonds. The number of carbonyl (C=O) groups is 1. The van der Waals surface area contributed by atoms with Crippen LogP contribution in [-0.2, 0) is 9.53 Å². The number of benzene rings is 1. The number of hydrogen-bond acceptors (Lipinski definition) is 4. The van der Waals surface area contributed by atoms with Crippen molar-refractivity contribution >= 4 is 5.97 Å². The van der Waals surface area contributed by atoms with Gasteiger partial charge in [-0.25, -0.2) is 4.39 Å². The van der Waals surface area contributed by atoms with Crippen molar-refractivity contribution in [3.63, 3.8) is 0 Å². The Morgan fingerprint density at radius 3 is 2.82 bits per heavy atom. The van der Waals surface area contributed by atoms with E-state index in [4.69, 9.17) is 15.2 Å². The molecule has 2 N–H and O–H groups in total. The Kier molecular flexibility index (Phi) is 4.90. The number of methoxy groups -OCH3 is 1. The zero-order valence-electron chi connectivity index (χ0n) is 9.90. The van der Waals surface area contributed by atoms with E-state index < -0.39 is 17.8 Å². The second-order valence-electron chi connectivity index (χ2n) is 3.50. The van der Waals surface area contributed by atoms with E-state index in [1.54, 1.807) is 6.92 Å². The highest BCUT2D eigenvalue weighted by atomic mass is 19.1. The van der Waals surface area contributed by atoms with E-state index >= 15 is 0 Å². The Morgan fingerprint density at radius 1 is 1.53 bits per heavy atom. The first-order chi connectivity index (χ1) is 8.08. The maximum Gasteiger partial charge on any atom is 0.307 e. The van der Waals surface area contributed by atoms with Crippen molar-refractivity contribution in [2.24, 2.45) is 5.73 Å². The highest BCUT2D eigenvalue weighted by molar-refractivity contribution is 5.70. The first-order valence-electron chi connectivity index (χ1n) is 5.33. The van der Waals surface area contributed by atoms with Gasteiger partial charge in [-0.2, -0.15) is 0 Å². The zero-order valence-corrected chi connectivity index (χ0v) is 9.90. The average Bonchev–Trinajstić information content (AvgIpc) is 2.29. The van der Waals surface area contributed by atoms with Crippen LogP contribution < -0.4 is 10.5 Å². The third-order valence-electron chi connectivity index (χ3n) is 2.29. The molecule has 5 heteroatoms. The molecule has 0 spiro atoms. The van der Waals surface area contributed by atoms with Gasteiger partial charge in [-0.05, 0) is 25.1 Å². The van der Waals surface area contributed by atoms with Crippen molar-refractivity contribution in [3.05, 3.63) is 29.6 Å². The van der Waals surface area contributed by atoms with Crippen molar-refractivity contribution < 1.29 is 18.7 Å². The standard InChI is InChI=1S/C12H16FNO3/c1-3-17-12(15)7-11(14)9-6-8(16-2)4-5-10(9)13/h4-6,11H,3,7,14H2,1-2H3. The number of hydrogen-bond donors (Lipinski definition) is 1. The number of ether oxygens (including phenoxy) is 2. The number of nitrogens with two attached hydrogens (primary N) is 1. The predicted octanol–water partition coefficient (Wildman–Crippen LogP) is 1.79. The molecule has 0 radical (unpaired) electrons. The van der Waals surface area contributed by atoms with Crippen molar-refractivity contribution in [1.82, 2.24) is 0 Å².